The number of ether oxygens (including phenoxy) is 1. The topological polar surface area (TPSA) is 105 Å². The number of nitrogens with one attached hydrogen (secondary N) is 2. The first-order valence-electron chi connectivity index (χ1n) is 10.3. The second kappa shape index (κ2) is 8.57. The van der Waals surface area contributed by atoms with Crippen molar-refractivity contribution in [1.29, 1.82) is 0 Å². The van der Waals surface area contributed by atoms with E-state index in [0.717, 1.165) is 22.3 Å². The molecular formula is C23H22F2N2O5. The maximum absolute atomic E-state index is 14.0. The smallest absolute Gasteiger partial charge is 0.407 e. The van der Waals surface area contributed by atoms with Crippen LogP contribution in [-0.4, -0.2) is 48.7 Å². The van der Waals surface area contributed by atoms with Crippen molar-refractivity contribution in [1.82, 2.24) is 10.6 Å². The summed E-state index contributed by atoms with van der Waals surface area (Å²) in [5.74, 6) is -7.58. The van der Waals surface area contributed by atoms with Crippen molar-refractivity contribution in [3.05, 3.63) is 59.7 Å². The molecule has 2 atom stereocenters. The van der Waals surface area contributed by atoms with Gasteiger partial charge >= 0.3 is 18.0 Å². The third kappa shape index (κ3) is 4.42. The summed E-state index contributed by atoms with van der Waals surface area (Å²) < 4.78 is 33.3. The zero-order valence-corrected chi connectivity index (χ0v) is 17.0. The molecule has 168 valence electrons. The number of benzene rings is 2. The highest BCUT2D eigenvalue weighted by molar-refractivity contribution is 5.84. The SMILES string of the molecule is O=C(NCC(F)(F)C(=O)NC[C@@H]1C[C@@H]1C(=O)O)OCC1c2ccccc2-c2ccccc21. The highest BCUT2D eigenvalue weighted by Gasteiger charge is 2.45. The predicted octanol–water partition coefficient (Wildman–Crippen LogP) is 3.00. The molecule has 2 aromatic carbocycles. The van der Waals surface area contributed by atoms with Gasteiger partial charge in [0.1, 0.15) is 6.61 Å². The fourth-order valence-corrected chi connectivity index (χ4v) is 4.04. The first-order valence-corrected chi connectivity index (χ1v) is 10.3. The number of hydrogen-bond acceptors (Lipinski definition) is 4. The minimum Gasteiger partial charge on any atom is -0.481 e. The number of alkyl carbamates (subject to hydrolysis) is 1. The van der Waals surface area contributed by atoms with E-state index in [2.05, 4.69) is 0 Å². The Kier molecular flexibility index (Phi) is 5.82. The second-order valence-corrected chi connectivity index (χ2v) is 8.03. The summed E-state index contributed by atoms with van der Waals surface area (Å²) >= 11 is 0. The quantitative estimate of drug-likeness (QED) is 0.581. The van der Waals surface area contributed by atoms with Gasteiger partial charge in [-0.05, 0) is 34.6 Å². The van der Waals surface area contributed by atoms with E-state index in [1.54, 1.807) is 0 Å². The van der Waals surface area contributed by atoms with Crippen LogP contribution in [0, 0.1) is 11.8 Å². The lowest BCUT2D eigenvalue weighted by atomic mass is 9.98. The number of carbonyl (C=O) groups excluding carboxylic acids is 2. The third-order valence-electron chi connectivity index (χ3n) is 5.90. The molecule has 2 amide bonds. The average Bonchev–Trinajstić information content (AvgIpc) is 3.50. The number of rotatable bonds is 8. The normalized spacial score (nSPS) is 18.9. The van der Waals surface area contributed by atoms with E-state index < -0.39 is 36.4 Å². The third-order valence-corrected chi connectivity index (χ3v) is 5.90. The van der Waals surface area contributed by atoms with Gasteiger partial charge in [0.15, 0.2) is 0 Å². The summed E-state index contributed by atoms with van der Waals surface area (Å²) in [6, 6.07) is 15.5. The van der Waals surface area contributed by atoms with Crippen molar-refractivity contribution >= 4 is 18.0 Å². The lowest BCUT2D eigenvalue weighted by Gasteiger charge is -2.18. The van der Waals surface area contributed by atoms with Gasteiger partial charge in [-0.15, -0.1) is 0 Å². The van der Waals surface area contributed by atoms with E-state index in [1.807, 2.05) is 59.2 Å². The van der Waals surface area contributed by atoms with Gasteiger partial charge in [-0.3, -0.25) is 9.59 Å². The van der Waals surface area contributed by atoms with Crippen LogP contribution in [0.15, 0.2) is 48.5 Å². The number of carboxylic acids is 1. The van der Waals surface area contributed by atoms with E-state index in [1.165, 1.54) is 0 Å². The molecule has 32 heavy (non-hydrogen) atoms. The highest BCUT2D eigenvalue weighted by Crippen LogP contribution is 2.44. The van der Waals surface area contributed by atoms with Crippen LogP contribution in [-0.2, 0) is 14.3 Å². The van der Waals surface area contributed by atoms with Gasteiger partial charge in [-0.1, -0.05) is 48.5 Å². The molecule has 2 aliphatic carbocycles. The molecule has 1 saturated carbocycles. The number of carboxylic acid groups (broad SMARTS) is 1. The Labute approximate surface area is 182 Å². The molecule has 7 nitrogen and oxygen atoms in total. The summed E-state index contributed by atoms with van der Waals surface area (Å²) in [4.78, 5) is 34.5. The Bertz CT molecular complexity index is 1010. The van der Waals surface area contributed by atoms with Gasteiger partial charge in [-0.2, -0.15) is 8.78 Å². The number of amides is 2. The largest absolute Gasteiger partial charge is 0.481 e. The van der Waals surface area contributed by atoms with Gasteiger partial charge < -0.3 is 20.5 Å². The van der Waals surface area contributed by atoms with Gasteiger partial charge in [0.25, 0.3) is 5.91 Å². The van der Waals surface area contributed by atoms with E-state index in [0.29, 0.717) is 6.42 Å². The fraction of sp³-hybridized carbons (Fsp3) is 0.348. The van der Waals surface area contributed by atoms with Crippen LogP contribution < -0.4 is 10.6 Å². The number of alkyl halides is 2. The second-order valence-electron chi connectivity index (χ2n) is 8.03. The molecular weight excluding hydrogens is 422 g/mol. The molecule has 0 heterocycles. The standard InChI is InChI=1S/C23H22F2N2O5/c24-23(25,21(30)26-10-13-9-18(13)20(28)29)12-27-22(31)32-11-19-16-7-3-1-5-14(16)15-6-2-4-8-17(15)19/h1-8,13,18-19H,9-12H2,(H,26,30)(H,27,31)(H,28,29)/t13-,18-/m0/s1. The molecule has 9 heteroatoms. The Morgan fingerprint density at radius 1 is 1.00 bits per heavy atom. The van der Waals surface area contributed by atoms with E-state index >= 15 is 0 Å². The molecule has 0 radical (unpaired) electrons. The molecule has 3 N–H and O–H groups in total. The lowest BCUT2D eigenvalue weighted by molar-refractivity contribution is -0.145. The Morgan fingerprint density at radius 3 is 2.16 bits per heavy atom. The summed E-state index contributed by atoms with van der Waals surface area (Å²) in [6.07, 6.45) is -0.702. The molecule has 2 aromatic rings. The lowest BCUT2D eigenvalue weighted by Crippen LogP contribution is -2.48. The highest BCUT2D eigenvalue weighted by atomic mass is 19.3. The first-order chi connectivity index (χ1) is 15.3. The zero-order valence-electron chi connectivity index (χ0n) is 17.0. The molecule has 4 rings (SSSR count). The molecule has 0 spiro atoms. The number of hydrogen-bond donors (Lipinski definition) is 3. The molecule has 0 bridgehead atoms. The van der Waals surface area contributed by atoms with Gasteiger partial charge in [0.2, 0.25) is 0 Å². The minimum atomic E-state index is -3.85. The Hall–Kier alpha value is -3.49. The maximum atomic E-state index is 14.0. The van der Waals surface area contributed by atoms with Crippen molar-refractivity contribution in [2.75, 3.05) is 19.7 Å². The van der Waals surface area contributed by atoms with Crippen molar-refractivity contribution in [3.63, 3.8) is 0 Å². The number of aliphatic carboxylic acids is 1. The van der Waals surface area contributed by atoms with Crippen LogP contribution in [0.3, 0.4) is 0 Å². The molecule has 0 aliphatic heterocycles. The van der Waals surface area contributed by atoms with Crippen LogP contribution in [0.1, 0.15) is 23.5 Å². The van der Waals surface area contributed by atoms with Crippen LogP contribution >= 0.6 is 0 Å². The van der Waals surface area contributed by atoms with Crippen LogP contribution in [0.2, 0.25) is 0 Å². The summed E-state index contributed by atoms with van der Waals surface area (Å²) in [5.41, 5.74) is 4.07. The van der Waals surface area contributed by atoms with Crippen molar-refractivity contribution in [2.45, 2.75) is 18.3 Å². The van der Waals surface area contributed by atoms with Gasteiger partial charge in [-0.25, -0.2) is 4.79 Å². The maximum Gasteiger partial charge on any atom is 0.407 e. The summed E-state index contributed by atoms with van der Waals surface area (Å²) in [6.45, 7) is -1.39. The Morgan fingerprint density at radius 2 is 1.59 bits per heavy atom. The number of halogens is 2. The van der Waals surface area contributed by atoms with E-state index in [-0.39, 0.29) is 25.0 Å². The number of carbonyl (C=O) groups is 3. The summed E-state index contributed by atoms with van der Waals surface area (Å²) in [5, 5.41) is 12.8. The molecule has 2 aliphatic rings. The zero-order chi connectivity index (χ0) is 22.9. The molecule has 0 aromatic heterocycles. The minimum absolute atomic E-state index is 0.0319. The molecule has 1 fully saturated rings. The van der Waals surface area contributed by atoms with Gasteiger partial charge in [0.05, 0.1) is 12.5 Å². The van der Waals surface area contributed by atoms with E-state index in [4.69, 9.17) is 9.84 Å². The molecule has 0 saturated heterocycles. The average molecular weight is 444 g/mol. The van der Waals surface area contributed by atoms with Gasteiger partial charge in [0, 0.05) is 12.5 Å². The summed E-state index contributed by atoms with van der Waals surface area (Å²) in [7, 11) is 0. The Balaban J connectivity index is 1.27. The molecule has 0 unspecified atom stereocenters. The van der Waals surface area contributed by atoms with Crippen LogP contribution in [0.25, 0.3) is 11.1 Å². The van der Waals surface area contributed by atoms with Crippen LogP contribution in [0.4, 0.5) is 13.6 Å². The van der Waals surface area contributed by atoms with Crippen LogP contribution in [0.5, 0.6) is 0 Å². The fourth-order valence-electron chi connectivity index (χ4n) is 4.04. The van der Waals surface area contributed by atoms with Crippen molar-refractivity contribution in [2.24, 2.45) is 11.8 Å². The first kappa shape index (κ1) is 21.7. The number of fused-ring (bicyclic) bond motifs is 3. The monoisotopic (exact) mass is 444 g/mol. The van der Waals surface area contributed by atoms with Crippen molar-refractivity contribution < 1.29 is 33.0 Å². The van der Waals surface area contributed by atoms with Crippen molar-refractivity contribution in [3.8, 4) is 11.1 Å². The van der Waals surface area contributed by atoms with E-state index in [9.17, 15) is 23.2 Å². The predicted molar refractivity (Wildman–Crippen MR) is 110 cm³/mol.